The molecule has 0 bridgehead atoms. The van der Waals surface area contributed by atoms with Crippen LogP contribution in [0.4, 0.5) is 18.9 Å². The second-order valence-corrected chi connectivity index (χ2v) is 6.14. The molecule has 2 nitrogen and oxygen atoms in total. The van der Waals surface area contributed by atoms with E-state index >= 15 is 0 Å². The molecule has 112 valence electrons. The molecule has 1 unspecified atom stereocenters. The highest BCUT2D eigenvalue weighted by molar-refractivity contribution is 7.99. The SMILES string of the molecule is CNCc1ccc(N2CCSCC2C)cc1C(F)(F)F. The van der Waals surface area contributed by atoms with Gasteiger partial charge in [-0.1, -0.05) is 6.07 Å². The van der Waals surface area contributed by atoms with Gasteiger partial charge in [-0.3, -0.25) is 0 Å². The molecule has 0 saturated carbocycles. The van der Waals surface area contributed by atoms with Crippen LogP contribution in [0.1, 0.15) is 18.1 Å². The summed E-state index contributed by atoms with van der Waals surface area (Å²) in [5.74, 6) is 1.92. The Morgan fingerprint density at radius 2 is 2.15 bits per heavy atom. The monoisotopic (exact) mass is 304 g/mol. The van der Waals surface area contributed by atoms with Gasteiger partial charge < -0.3 is 10.2 Å². The summed E-state index contributed by atoms with van der Waals surface area (Å²) < 4.78 is 39.5. The molecule has 1 saturated heterocycles. The zero-order valence-electron chi connectivity index (χ0n) is 11.6. The number of hydrogen-bond acceptors (Lipinski definition) is 3. The van der Waals surface area contributed by atoms with Gasteiger partial charge in [-0.15, -0.1) is 0 Å². The highest BCUT2D eigenvalue weighted by Crippen LogP contribution is 2.35. The Morgan fingerprint density at radius 1 is 1.40 bits per heavy atom. The Hall–Kier alpha value is -0.880. The third kappa shape index (κ3) is 3.41. The van der Waals surface area contributed by atoms with Crippen molar-refractivity contribution < 1.29 is 13.2 Å². The van der Waals surface area contributed by atoms with Gasteiger partial charge in [-0.25, -0.2) is 0 Å². The molecule has 20 heavy (non-hydrogen) atoms. The molecule has 1 heterocycles. The van der Waals surface area contributed by atoms with E-state index in [4.69, 9.17) is 0 Å². The Labute approximate surface area is 121 Å². The summed E-state index contributed by atoms with van der Waals surface area (Å²) in [6.07, 6.45) is -4.31. The topological polar surface area (TPSA) is 15.3 Å². The first kappa shape index (κ1) is 15.5. The lowest BCUT2D eigenvalue weighted by Crippen LogP contribution is -2.40. The van der Waals surface area contributed by atoms with Crippen molar-refractivity contribution in [3.8, 4) is 0 Å². The fourth-order valence-electron chi connectivity index (χ4n) is 2.46. The van der Waals surface area contributed by atoms with Gasteiger partial charge in [-0.2, -0.15) is 24.9 Å². The van der Waals surface area contributed by atoms with Crippen LogP contribution in [0.5, 0.6) is 0 Å². The van der Waals surface area contributed by atoms with Gasteiger partial charge in [0, 0.05) is 36.3 Å². The molecule has 1 atom stereocenters. The molecule has 0 aliphatic carbocycles. The summed E-state index contributed by atoms with van der Waals surface area (Å²) >= 11 is 1.85. The second-order valence-electron chi connectivity index (χ2n) is 4.99. The van der Waals surface area contributed by atoms with E-state index in [1.807, 2.05) is 11.8 Å². The van der Waals surface area contributed by atoms with Crippen molar-refractivity contribution in [3.63, 3.8) is 0 Å². The lowest BCUT2D eigenvalue weighted by atomic mass is 10.0. The molecule has 0 spiro atoms. The van der Waals surface area contributed by atoms with E-state index in [2.05, 4.69) is 17.1 Å². The number of benzene rings is 1. The van der Waals surface area contributed by atoms with E-state index in [0.29, 0.717) is 11.3 Å². The van der Waals surface area contributed by atoms with E-state index in [-0.39, 0.29) is 12.6 Å². The first-order valence-electron chi connectivity index (χ1n) is 6.62. The molecular weight excluding hydrogens is 285 g/mol. The van der Waals surface area contributed by atoms with Crippen molar-refractivity contribution in [2.45, 2.75) is 25.7 Å². The third-order valence-corrected chi connectivity index (χ3v) is 4.65. The van der Waals surface area contributed by atoms with Crippen molar-refractivity contribution >= 4 is 17.4 Å². The minimum atomic E-state index is -4.31. The summed E-state index contributed by atoms with van der Waals surface area (Å²) in [6, 6.07) is 4.95. The highest BCUT2D eigenvalue weighted by Gasteiger charge is 2.34. The molecule has 0 amide bonds. The van der Waals surface area contributed by atoms with E-state index in [0.717, 1.165) is 18.1 Å². The molecule has 0 radical (unpaired) electrons. The number of anilines is 1. The zero-order valence-corrected chi connectivity index (χ0v) is 12.4. The predicted octanol–water partition coefficient (Wildman–Crippen LogP) is 3.37. The van der Waals surface area contributed by atoms with Gasteiger partial charge >= 0.3 is 6.18 Å². The molecular formula is C14H19F3N2S. The first-order valence-corrected chi connectivity index (χ1v) is 7.78. The number of alkyl halides is 3. The maximum Gasteiger partial charge on any atom is 0.416 e. The first-order chi connectivity index (χ1) is 9.43. The summed E-state index contributed by atoms with van der Waals surface area (Å²) in [6.45, 7) is 3.08. The molecule has 1 fully saturated rings. The van der Waals surface area contributed by atoms with Crippen LogP contribution in [0, 0.1) is 0 Å². The fourth-order valence-corrected chi connectivity index (χ4v) is 3.48. The van der Waals surface area contributed by atoms with E-state index in [1.165, 1.54) is 6.07 Å². The Balaban J connectivity index is 2.36. The predicted molar refractivity (Wildman–Crippen MR) is 78.3 cm³/mol. The Kier molecular flexibility index (Phi) is 4.86. The maximum absolute atomic E-state index is 13.2. The molecule has 6 heteroatoms. The summed E-state index contributed by atoms with van der Waals surface area (Å²) in [5, 5.41) is 2.79. The normalized spacial score (nSPS) is 20.2. The summed E-state index contributed by atoms with van der Waals surface area (Å²) in [5.41, 5.74) is 0.433. The second kappa shape index (κ2) is 6.26. The van der Waals surface area contributed by atoms with Crippen molar-refractivity contribution in [3.05, 3.63) is 29.3 Å². The van der Waals surface area contributed by atoms with Crippen LogP contribution in [0.25, 0.3) is 0 Å². The van der Waals surface area contributed by atoms with Crippen LogP contribution in [0.3, 0.4) is 0 Å². The van der Waals surface area contributed by atoms with Gasteiger partial charge in [0.1, 0.15) is 0 Å². The fraction of sp³-hybridized carbons (Fsp3) is 0.571. The van der Waals surface area contributed by atoms with Crippen LogP contribution in [-0.4, -0.2) is 31.1 Å². The Morgan fingerprint density at radius 3 is 2.75 bits per heavy atom. The number of thioether (sulfide) groups is 1. The maximum atomic E-state index is 13.2. The number of hydrogen-bond donors (Lipinski definition) is 1. The molecule has 1 aromatic rings. The Bertz CT molecular complexity index is 462. The van der Waals surface area contributed by atoms with Crippen LogP contribution in [0.2, 0.25) is 0 Å². The quantitative estimate of drug-likeness (QED) is 0.922. The van der Waals surface area contributed by atoms with Crippen molar-refractivity contribution in [1.29, 1.82) is 0 Å². The van der Waals surface area contributed by atoms with E-state index < -0.39 is 11.7 Å². The average molecular weight is 304 g/mol. The molecule has 1 aliphatic heterocycles. The van der Waals surface area contributed by atoms with E-state index in [9.17, 15) is 13.2 Å². The van der Waals surface area contributed by atoms with Crippen LogP contribution in [-0.2, 0) is 12.7 Å². The number of rotatable bonds is 3. The number of halogens is 3. The standard InChI is InChI=1S/C14H19F3N2S/c1-10-9-20-6-5-19(10)12-4-3-11(8-18-2)13(7-12)14(15,16)17/h3-4,7,10,18H,5-6,8-9H2,1-2H3. The van der Waals surface area contributed by atoms with Crippen molar-refractivity contribution in [2.75, 3.05) is 30.0 Å². The smallest absolute Gasteiger partial charge is 0.367 e. The minimum absolute atomic E-state index is 0.223. The zero-order chi connectivity index (χ0) is 14.8. The molecule has 1 aromatic carbocycles. The number of nitrogens with one attached hydrogen (secondary N) is 1. The molecule has 2 rings (SSSR count). The molecule has 0 aromatic heterocycles. The summed E-state index contributed by atoms with van der Waals surface area (Å²) in [7, 11) is 1.65. The third-order valence-electron chi connectivity index (χ3n) is 3.47. The minimum Gasteiger partial charge on any atom is -0.367 e. The molecule has 1 aliphatic rings. The van der Waals surface area contributed by atoms with Gasteiger partial charge in [0.2, 0.25) is 0 Å². The van der Waals surface area contributed by atoms with Gasteiger partial charge in [-0.05, 0) is 31.7 Å². The highest BCUT2D eigenvalue weighted by atomic mass is 32.2. The van der Waals surface area contributed by atoms with Crippen molar-refractivity contribution in [1.82, 2.24) is 5.32 Å². The van der Waals surface area contributed by atoms with Crippen LogP contribution in [0.15, 0.2) is 18.2 Å². The molecule has 1 N–H and O–H groups in total. The lowest BCUT2D eigenvalue weighted by Gasteiger charge is -2.35. The van der Waals surface area contributed by atoms with Gasteiger partial charge in [0.25, 0.3) is 0 Å². The largest absolute Gasteiger partial charge is 0.416 e. The summed E-state index contributed by atoms with van der Waals surface area (Å²) in [4.78, 5) is 2.06. The van der Waals surface area contributed by atoms with Crippen molar-refractivity contribution in [2.24, 2.45) is 0 Å². The number of nitrogens with zero attached hydrogens (tertiary/aromatic N) is 1. The lowest BCUT2D eigenvalue weighted by molar-refractivity contribution is -0.138. The van der Waals surface area contributed by atoms with E-state index in [1.54, 1.807) is 19.2 Å². The van der Waals surface area contributed by atoms with Gasteiger partial charge in [0.15, 0.2) is 0 Å². The average Bonchev–Trinajstić information content (AvgIpc) is 2.39. The van der Waals surface area contributed by atoms with Gasteiger partial charge in [0.05, 0.1) is 5.56 Å². The van der Waals surface area contributed by atoms with Crippen LogP contribution >= 0.6 is 11.8 Å². The van der Waals surface area contributed by atoms with Crippen LogP contribution < -0.4 is 10.2 Å².